The number of esters is 1. The van der Waals surface area contributed by atoms with Crippen LogP contribution in [0.3, 0.4) is 0 Å². The Morgan fingerprint density at radius 3 is 2.68 bits per heavy atom. The fraction of sp³-hybridized carbons (Fsp3) is 0.529. The van der Waals surface area contributed by atoms with E-state index in [0.717, 1.165) is 38.2 Å². The standard InChI is InChI=1S/C17H24N2O3/c1-3-22-17(21)15-5-4-10-19(12-15)11-14-6-8-16(9-7-14)18-13(2)20/h6-9,15H,3-5,10-12H2,1-2H3,(H,18,20)/p+1/t15-/m1/s1. The number of likely N-dealkylation sites (tertiary alicyclic amines) is 1. The monoisotopic (exact) mass is 305 g/mol. The van der Waals surface area contributed by atoms with E-state index in [4.69, 9.17) is 4.74 Å². The van der Waals surface area contributed by atoms with Gasteiger partial charge in [0, 0.05) is 18.2 Å². The Balaban J connectivity index is 1.89. The molecule has 0 aromatic heterocycles. The summed E-state index contributed by atoms with van der Waals surface area (Å²) >= 11 is 0. The fourth-order valence-electron chi connectivity index (χ4n) is 2.97. The molecular weight excluding hydrogens is 280 g/mol. The number of ether oxygens (including phenoxy) is 1. The first-order chi connectivity index (χ1) is 10.6. The van der Waals surface area contributed by atoms with E-state index in [9.17, 15) is 9.59 Å². The molecule has 1 amide bonds. The Labute approximate surface area is 131 Å². The van der Waals surface area contributed by atoms with Gasteiger partial charge in [0.2, 0.25) is 5.91 Å². The molecule has 5 heteroatoms. The maximum Gasteiger partial charge on any atom is 0.314 e. The Kier molecular flexibility index (Phi) is 5.95. The minimum absolute atomic E-state index is 0.0300. The van der Waals surface area contributed by atoms with Crippen molar-refractivity contribution >= 4 is 17.6 Å². The van der Waals surface area contributed by atoms with E-state index < -0.39 is 0 Å². The number of quaternary nitrogens is 1. The lowest BCUT2D eigenvalue weighted by molar-refractivity contribution is -0.921. The van der Waals surface area contributed by atoms with Gasteiger partial charge in [-0.15, -0.1) is 0 Å². The van der Waals surface area contributed by atoms with Crippen LogP contribution in [0.2, 0.25) is 0 Å². The number of carbonyl (C=O) groups is 2. The van der Waals surface area contributed by atoms with E-state index in [-0.39, 0.29) is 17.8 Å². The third kappa shape index (κ3) is 4.84. The van der Waals surface area contributed by atoms with Crippen molar-refractivity contribution in [3.63, 3.8) is 0 Å². The SMILES string of the molecule is CCOC(=O)[C@@H]1CCC[NH+](Cc2ccc(NC(C)=O)cc2)C1. The largest absolute Gasteiger partial charge is 0.466 e. The van der Waals surface area contributed by atoms with Crippen LogP contribution in [0.25, 0.3) is 0 Å². The molecule has 1 aliphatic heterocycles. The third-order valence-electron chi connectivity index (χ3n) is 3.97. The zero-order valence-corrected chi connectivity index (χ0v) is 13.4. The minimum Gasteiger partial charge on any atom is -0.466 e. The molecule has 1 unspecified atom stereocenters. The number of piperidine rings is 1. The van der Waals surface area contributed by atoms with Gasteiger partial charge in [0.15, 0.2) is 0 Å². The van der Waals surface area contributed by atoms with Gasteiger partial charge in [0.05, 0.1) is 19.7 Å². The van der Waals surface area contributed by atoms with Gasteiger partial charge < -0.3 is 15.0 Å². The van der Waals surface area contributed by atoms with E-state index in [1.807, 2.05) is 31.2 Å². The van der Waals surface area contributed by atoms with Crippen LogP contribution < -0.4 is 10.2 Å². The molecule has 1 fully saturated rings. The number of rotatable bonds is 5. The quantitative estimate of drug-likeness (QED) is 0.798. The van der Waals surface area contributed by atoms with Crippen LogP contribution in [0.5, 0.6) is 0 Å². The molecule has 1 saturated heterocycles. The lowest BCUT2D eigenvalue weighted by Gasteiger charge is -2.28. The van der Waals surface area contributed by atoms with Crippen molar-refractivity contribution in [2.45, 2.75) is 33.2 Å². The van der Waals surface area contributed by atoms with Crippen molar-refractivity contribution in [3.8, 4) is 0 Å². The Morgan fingerprint density at radius 2 is 2.05 bits per heavy atom. The van der Waals surface area contributed by atoms with Crippen molar-refractivity contribution in [2.24, 2.45) is 5.92 Å². The highest BCUT2D eigenvalue weighted by Crippen LogP contribution is 2.12. The summed E-state index contributed by atoms with van der Waals surface area (Å²) in [5.41, 5.74) is 2.03. The number of carbonyl (C=O) groups excluding carboxylic acids is 2. The zero-order chi connectivity index (χ0) is 15.9. The van der Waals surface area contributed by atoms with Gasteiger partial charge in [-0.1, -0.05) is 12.1 Å². The molecule has 2 rings (SSSR count). The normalized spacial score (nSPS) is 21.2. The smallest absolute Gasteiger partial charge is 0.314 e. The van der Waals surface area contributed by atoms with Crippen LogP contribution >= 0.6 is 0 Å². The number of benzene rings is 1. The van der Waals surface area contributed by atoms with Crippen LogP contribution in [-0.4, -0.2) is 31.6 Å². The van der Waals surface area contributed by atoms with E-state index >= 15 is 0 Å². The van der Waals surface area contributed by atoms with Crippen LogP contribution in [-0.2, 0) is 20.9 Å². The predicted molar refractivity (Wildman–Crippen MR) is 84.5 cm³/mol. The minimum atomic E-state index is -0.0633. The van der Waals surface area contributed by atoms with Gasteiger partial charge in [0.1, 0.15) is 12.5 Å². The molecule has 0 spiro atoms. The topological polar surface area (TPSA) is 59.8 Å². The number of anilines is 1. The predicted octanol–water partition coefficient (Wildman–Crippen LogP) is 1.00. The molecule has 1 aliphatic rings. The average molecular weight is 305 g/mol. The second kappa shape index (κ2) is 7.94. The molecular formula is C17H25N2O3+. The van der Waals surface area contributed by atoms with E-state index in [1.54, 1.807) is 0 Å². The van der Waals surface area contributed by atoms with Gasteiger partial charge >= 0.3 is 5.97 Å². The van der Waals surface area contributed by atoms with E-state index in [2.05, 4.69) is 5.32 Å². The first kappa shape index (κ1) is 16.5. The van der Waals surface area contributed by atoms with Crippen molar-refractivity contribution in [2.75, 3.05) is 25.0 Å². The summed E-state index contributed by atoms with van der Waals surface area (Å²) in [4.78, 5) is 24.3. The second-order valence-electron chi connectivity index (χ2n) is 5.85. The van der Waals surface area contributed by atoms with Crippen LogP contribution in [0.15, 0.2) is 24.3 Å². The molecule has 2 atom stereocenters. The second-order valence-corrected chi connectivity index (χ2v) is 5.85. The van der Waals surface area contributed by atoms with Crippen molar-refractivity contribution in [3.05, 3.63) is 29.8 Å². The highest BCUT2D eigenvalue weighted by Gasteiger charge is 2.29. The molecule has 1 heterocycles. The number of hydrogen-bond acceptors (Lipinski definition) is 3. The number of nitrogens with one attached hydrogen (secondary N) is 2. The number of hydrogen-bond donors (Lipinski definition) is 2. The maximum atomic E-state index is 11.9. The lowest BCUT2D eigenvalue weighted by Crippen LogP contribution is -3.12. The Bertz CT molecular complexity index is 513. The first-order valence-corrected chi connectivity index (χ1v) is 7.95. The van der Waals surface area contributed by atoms with Crippen LogP contribution in [0.4, 0.5) is 5.69 Å². The van der Waals surface area contributed by atoms with Crippen LogP contribution in [0.1, 0.15) is 32.3 Å². The summed E-state index contributed by atoms with van der Waals surface area (Å²) in [6.07, 6.45) is 1.99. The highest BCUT2D eigenvalue weighted by molar-refractivity contribution is 5.88. The van der Waals surface area contributed by atoms with Gasteiger partial charge in [-0.2, -0.15) is 0 Å². The summed E-state index contributed by atoms with van der Waals surface area (Å²) in [5.74, 6) is -0.0882. The molecule has 2 N–H and O–H groups in total. The zero-order valence-electron chi connectivity index (χ0n) is 13.4. The van der Waals surface area contributed by atoms with Crippen molar-refractivity contribution < 1.29 is 19.2 Å². The molecule has 5 nitrogen and oxygen atoms in total. The van der Waals surface area contributed by atoms with Gasteiger partial charge in [-0.3, -0.25) is 9.59 Å². The summed E-state index contributed by atoms with van der Waals surface area (Å²) in [7, 11) is 0. The molecule has 0 radical (unpaired) electrons. The molecule has 1 aromatic carbocycles. The highest BCUT2D eigenvalue weighted by atomic mass is 16.5. The number of amides is 1. The van der Waals surface area contributed by atoms with Gasteiger partial charge in [-0.05, 0) is 31.9 Å². The summed E-state index contributed by atoms with van der Waals surface area (Å²) < 4.78 is 5.14. The Hall–Kier alpha value is -1.88. The van der Waals surface area contributed by atoms with E-state index in [0.29, 0.717) is 6.61 Å². The lowest BCUT2D eigenvalue weighted by atomic mass is 9.97. The molecule has 120 valence electrons. The summed E-state index contributed by atoms with van der Waals surface area (Å²) in [5, 5.41) is 2.76. The van der Waals surface area contributed by atoms with Crippen molar-refractivity contribution in [1.82, 2.24) is 0 Å². The maximum absolute atomic E-state index is 11.9. The summed E-state index contributed by atoms with van der Waals surface area (Å²) in [6.45, 7) is 6.63. The Morgan fingerprint density at radius 1 is 1.32 bits per heavy atom. The fourth-order valence-corrected chi connectivity index (χ4v) is 2.97. The third-order valence-corrected chi connectivity index (χ3v) is 3.97. The average Bonchev–Trinajstić information content (AvgIpc) is 2.49. The van der Waals surface area contributed by atoms with E-state index in [1.165, 1.54) is 17.4 Å². The van der Waals surface area contributed by atoms with Crippen LogP contribution in [0, 0.1) is 5.92 Å². The van der Waals surface area contributed by atoms with Gasteiger partial charge in [-0.25, -0.2) is 0 Å². The van der Waals surface area contributed by atoms with Crippen molar-refractivity contribution in [1.29, 1.82) is 0 Å². The molecule has 1 aromatic rings. The first-order valence-electron chi connectivity index (χ1n) is 7.95. The molecule has 0 bridgehead atoms. The molecule has 0 aliphatic carbocycles. The summed E-state index contributed by atoms with van der Waals surface area (Å²) in [6, 6.07) is 7.91. The van der Waals surface area contributed by atoms with Gasteiger partial charge in [0.25, 0.3) is 0 Å². The molecule has 22 heavy (non-hydrogen) atoms. The molecule has 0 saturated carbocycles.